The molecule has 2 aromatic carbocycles. The van der Waals surface area contributed by atoms with Crippen LogP contribution in [0.2, 0.25) is 0 Å². The molecule has 7 rings (SSSR count). The lowest BCUT2D eigenvalue weighted by molar-refractivity contribution is -0.191. The van der Waals surface area contributed by atoms with Gasteiger partial charge in [0.15, 0.2) is 11.5 Å². The number of rotatable bonds is 5. The molecule has 3 N–H and O–H groups in total. The van der Waals surface area contributed by atoms with Crippen molar-refractivity contribution in [1.29, 1.82) is 0 Å². The number of piperidine rings is 1. The molecule has 2 bridgehead atoms. The lowest BCUT2D eigenvalue weighted by Crippen LogP contribution is -2.78. The normalized spacial score (nSPS) is 37.1. The summed E-state index contributed by atoms with van der Waals surface area (Å²) in [5, 5.41) is 27.0. The maximum atomic E-state index is 12.5. The van der Waals surface area contributed by atoms with Crippen molar-refractivity contribution in [3.8, 4) is 11.5 Å². The van der Waals surface area contributed by atoms with E-state index in [1.54, 1.807) is 6.07 Å². The monoisotopic (exact) mass is 432 g/mol. The molecule has 2 heterocycles. The van der Waals surface area contributed by atoms with Crippen molar-refractivity contribution in [1.82, 2.24) is 10.2 Å². The zero-order chi connectivity index (χ0) is 21.5. The lowest BCUT2D eigenvalue weighted by atomic mass is 9.48. The summed E-state index contributed by atoms with van der Waals surface area (Å²) >= 11 is 0. The highest BCUT2D eigenvalue weighted by molar-refractivity contribution is 5.62. The molecule has 2 aromatic rings. The first-order valence-corrected chi connectivity index (χ1v) is 12.4. The van der Waals surface area contributed by atoms with Gasteiger partial charge in [-0.2, -0.15) is 0 Å². The lowest BCUT2D eigenvalue weighted by Gasteiger charge is -2.64. The topological polar surface area (TPSA) is 65.0 Å². The second kappa shape index (κ2) is 6.72. The number of nitrogens with zero attached hydrogens (tertiary/aromatic N) is 1. The first-order valence-electron chi connectivity index (χ1n) is 12.4. The maximum absolute atomic E-state index is 12.5. The molecule has 0 aromatic heterocycles. The van der Waals surface area contributed by atoms with E-state index in [4.69, 9.17) is 4.74 Å². The minimum absolute atomic E-state index is 0.140. The van der Waals surface area contributed by atoms with Gasteiger partial charge in [-0.1, -0.05) is 36.4 Å². The van der Waals surface area contributed by atoms with E-state index in [0.29, 0.717) is 5.75 Å². The number of likely N-dealkylation sites (tertiary alicyclic amines) is 1. The highest BCUT2D eigenvalue weighted by Gasteiger charge is 2.72. The Morgan fingerprint density at radius 3 is 2.72 bits per heavy atom. The molecule has 3 aliphatic carbocycles. The van der Waals surface area contributed by atoms with Gasteiger partial charge < -0.3 is 20.3 Å². The molecule has 1 unspecified atom stereocenters. The van der Waals surface area contributed by atoms with Gasteiger partial charge in [-0.25, -0.2) is 0 Å². The number of phenols is 1. The van der Waals surface area contributed by atoms with E-state index >= 15 is 0 Å². The smallest absolute Gasteiger partial charge is 0.165 e. The van der Waals surface area contributed by atoms with Gasteiger partial charge in [-0.15, -0.1) is 0 Å². The standard InChI is InChI=1S/C27H32N2O3/c30-21-9-8-19-14-22-27(31)11-10-20(28-15-17-4-2-1-3-5-17)25-26(27,23(19)24(21)32-25)12-13-29(22)16-18-6-7-18/h1-5,8-9,18,20,22,25,28,30-31H,6-7,10-16H2/t20-,22+,25-,26?,27+/m0/s1. The van der Waals surface area contributed by atoms with Gasteiger partial charge in [-0.3, -0.25) is 4.90 Å². The van der Waals surface area contributed by atoms with Crippen molar-refractivity contribution >= 4 is 0 Å². The summed E-state index contributed by atoms with van der Waals surface area (Å²) in [5.74, 6) is 1.66. The average Bonchev–Trinajstić information content (AvgIpc) is 3.54. The molecule has 168 valence electrons. The first-order chi connectivity index (χ1) is 15.6. The van der Waals surface area contributed by atoms with E-state index in [0.717, 1.165) is 56.8 Å². The second-order valence-corrected chi connectivity index (χ2v) is 10.8. The number of hydrogen-bond donors (Lipinski definition) is 3. The summed E-state index contributed by atoms with van der Waals surface area (Å²) in [7, 11) is 0. The summed E-state index contributed by atoms with van der Waals surface area (Å²) in [6, 6.07) is 14.6. The third-order valence-corrected chi connectivity index (χ3v) is 9.17. The molecular formula is C27H32N2O3. The molecule has 3 fully saturated rings. The number of aliphatic hydroxyl groups is 1. The van der Waals surface area contributed by atoms with Crippen LogP contribution < -0.4 is 10.1 Å². The van der Waals surface area contributed by atoms with Crippen LogP contribution in [0.4, 0.5) is 0 Å². The minimum Gasteiger partial charge on any atom is -0.504 e. The third kappa shape index (κ3) is 2.50. The molecule has 1 saturated heterocycles. The Labute approximate surface area is 189 Å². The molecule has 5 atom stereocenters. The van der Waals surface area contributed by atoms with Crippen molar-refractivity contribution in [3.05, 3.63) is 59.2 Å². The number of ether oxygens (including phenoxy) is 1. The Bertz CT molecular complexity index is 1050. The predicted molar refractivity (Wildman–Crippen MR) is 122 cm³/mol. The van der Waals surface area contributed by atoms with Gasteiger partial charge in [0, 0.05) is 30.7 Å². The van der Waals surface area contributed by atoms with Crippen LogP contribution in [0.25, 0.3) is 0 Å². The van der Waals surface area contributed by atoms with Crippen LogP contribution in [-0.4, -0.2) is 52.0 Å². The number of nitrogens with one attached hydrogen (secondary N) is 1. The van der Waals surface area contributed by atoms with Gasteiger partial charge in [-0.05, 0) is 68.2 Å². The van der Waals surface area contributed by atoms with Gasteiger partial charge in [0.05, 0.1) is 11.0 Å². The van der Waals surface area contributed by atoms with Crippen molar-refractivity contribution < 1.29 is 14.9 Å². The van der Waals surface area contributed by atoms with Crippen molar-refractivity contribution in [2.45, 2.75) is 74.3 Å². The van der Waals surface area contributed by atoms with E-state index in [-0.39, 0.29) is 23.9 Å². The summed E-state index contributed by atoms with van der Waals surface area (Å²) in [5.41, 5.74) is 2.39. The quantitative estimate of drug-likeness (QED) is 0.678. The van der Waals surface area contributed by atoms with E-state index in [2.05, 4.69) is 40.5 Å². The van der Waals surface area contributed by atoms with Crippen molar-refractivity contribution in [2.24, 2.45) is 5.92 Å². The van der Waals surface area contributed by atoms with Crippen molar-refractivity contribution in [2.75, 3.05) is 13.1 Å². The molecule has 5 heteroatoms. The largest absolute Gasteiger partial charge is 0.504 e. The molecule has 2 saturated carbocycles. The highest BCUT2D eigenvalue weighted by atomic mass is 16.5. The van der Waals surface area contributed by atoms with Crippen LogP contribution in [-0.2, 0) is 18.4 Å². The van der Waals surface area contributed by atoms with Crippen LogP contribution in [0.15, 0.2) is 42.5 Å². The summed E-state index contributed by atoms with van der Waals surface area (Å²) in [6.45, 7) is 2.90. The SMILES string of the molecule is Oc1ccc2c3c1O[C@H]1[C@@H](NCc4ccccc4)CC[C@@]4(O)[C@@H](C2)N(CC2CC2)CCC314. The second-order valence-electron chi connectivity index (χ2n) is 10.8. The van der Waals surface area contributed by atoms with Gasteiger partial charge in [0.1, 0.15) is 6.10 Å². The number of benzene rings is 2. The minimum atomic E-state index is -0.804. The fourth-order valence-corrected chi connectivity index (χ4v) is 7.54. The van der Waals surface area contributed by atoms with Crippen LogP contribution in [0.3, 0.4) is 0 Å². The zero-order valence-electron chi connectivity index (χ0n) is 18.5. The molecule has 32 heavy (non-hydrogen) atoms. The van der Waals surface area contributed by atoms with Crippen molar-refractivity contribution in [3.63, 3.8) is 0 Å². The summed E-state index contributed by atoms with van der Waals surface area (Å²) < 4.78 is 6.61. The Morgan fingerprint density at radius 1 is 1.06 bits per heavy atom. The molecule has 2 aliphatic heterocycles. The summed E-state index contributed by atoms with van der Waals surface area (Å²) in [6.07, 6.45) is 5.92. The fourth-order valence-electron chi connectivity index (χ4n) is 7.54. The Balaban J connectivity index is 1.29. The Kier molecular flexibility index (Phi) is 4.07. The fraction of sp³-hybridized carbons (Fsp3) is 0.556. The van der Waals surface area contributed by atoms with Crippen LogP contribution in [0.5, 0.6) is 11.5 Å². The molecule has 0 amide bonds. The van der Waals surface area contributed by atoms with E-state index in [1.165, 1.54) is 24.0 Å². The Hall–Kier alpha value is -2.08. The molecule has 1 spiro atoms. The predicted octanol–water partition coefficient (Wildman–Crippen LogP) is 3.11. The number of aromatic hydroxyl groups is 1. The highest BCUT2D eigenvalue weighted by Crippen LogP contribution is 2.65. The number of phenolic OH excluding ortho intramolecular Hbond substituents is 1. The van der Waals surface area contributed by atoms with E-state index < -0.39 is 11.0 Å². The van der Waals surface area contributed by atoms with Crippen LogP contribution in [0.1, 0.15) is 48.8 Å². The molecule has 5 nitrogen and oxygen atoms in total. The first kappa shape index (κ1) is 19.4. The Morgan fingerprint density at radius 2 is 1.91 bits per heavy atom. The molecule has 5 aliphatic rings. The summed E-state index contributed by atoms with van der Waals surface area (Å²) in [4.78, 5) is 2.59. The van der Waals surface area contributed by atoms with Gasteiger partial charge in [0.25, 0.3) is 0 Å². The average molecular weight is 433 g/mol. The van der Waals surface area contributed by atoms with Crippen LogP contribution in [0, 0.1) is 5.92 Å². The van der Waals surface area contributed by atoms with Gasteiger partial charge in [0.2, 0.25) is 0 Å². The van der Waals surface area contributed by atoms with Gasteiger partial charge >= 0.3 is 0 Å². The van der Waals surface area contributed by atoms with Crippen LogP contribution >= 0.6 is 0 Å². The van der Waals surface area contributed by atoms with E-state index in [1.807, 2.05) is 6.07 Å². The molecule has 0 radical (unpaired) electrons. The maximum Gasteiger partial charge on any atom is 0.165 e. The third-order valence-electron chi connectivity index (χ3n) is 9.17. The van der Waals surface area contributed by atoms with E-state index in [9.17, 15) is 10.2 Å². The molecular weight excluding hydrogens is 400 g/mol. The number of hydrogen-bond acceptors (Lipinski definition) is 5. The zero-order valence-corrected chi connectivity index (χ0v) is 18.5.